The Morgan fingerprint density at radius 2 is 1.11 bits per heavy atom. The fraction of sp³-hybridized carbons (Fsp3) is 0.400. The van der Waals surface area contributed by atoms with E-state index in [2.05, 4.69) is 0 Å². The van der Waals surface area contributed by atoms with Crippen molar-refractivity contribution in [3.63, 3.8) is 0 Å². The maximum Gasteiger partial charge on any atom is 0.197 e. The van der Waals surface area contributed by atoms with Crippen molar-refractivity contribution >= 4 is 0 Å². The Kier molecular flexibility index (Phi) is 2.97. The molecule has 0 amide bonds. The minimum Gasteiger partial charge on any atom is -0.496 e. The third-order valence-electron chi connectivity index (χ3n) is 6.32. The fourth-order valence-corrected chi connectivity index (χ4v) is 5.30. The maximum absolute atomic E-state index is 14.8. The van der Waals surface area contributed by atoms with Gasteiger partial charge in [-0.1, -0.05) is 0 Å². The van der Waals surface area contributed by atoms with E-state index in [1.807, 2.05) is 0 Å². The zero-order chi connectivity index (χ0) is 19.5. The SMILES string of the molecule is COc1ccc(OC)c2c1[C@H]1c3c(F)c(F)c(F)c(F)c3[C@H]2C12OC2(C)C. The summed E-state index contributed by atoms with van der Waals surface area (Å²) in [4.78, 5) is 0. The first-order chi connectivity index (χ1) is 12.7. The highest BCUT2D eigenvalue weighted by Gasteiger charge is 2.81. The second-order valence-electron chi connectivity index (χ2n) is 7.65. The van der Waals surface area contributed by atoms with E-state index in [1.165, 1.54) is 14.2 Å². The van der Waals surface area contributed by atoms with Gasteiger partial charge in [-0.2, -0.15) is 0 Å². The largest absolute Gasteiger partial charge is 0.496 e. The molecule has 27 heavy (non-hydrogen) atoms. The van der Waals surface area contributed by atoms with Crippen LogP contribution in [0.5, 0.6) is 11.5 Å². The second kappa shape index (κ2) is 4.76. The van der Waals surface area contributed by atoms with E-state index < -0.39 is 46.3 Å². The molecule has 1 saturated heterocycles. The topological polar surface area (TPSA) is 31.0 Å². The highest BCUT2D eigenvalue weighted by atomic mass is 19.2. The van der Waals surface area contributed by atoms with Crippen LogP contribution in [-0.2, 0) is 4.74 Å². The van der Waals surface area contributed by atoms with Gasteiger partial charge in [0.15, 0.2) is 23.3 Å². The van der Waals surface area contributed by atoms with Gasteiger partial charge in [0.05, 0.1) is 19.8 Å². The second-order valence-corrected chi connectivity index (χ2v) is 7.65. The summed E-state index contributed by atoms with van der Waals surface area (Å²) in [6, 6.07) is 3.32. The Bertz CT molecular complexity index is 961. The van der Waals surface area contributed by atoms with Crippen molar-refractivity contribution in [2.75, 3.05) is 14.2 Å². The van der Waals surface area contributed by atoms with Crippen LogP contribution < -0.4 is 9.47 Å². The van der Waals surface area contributed by atoms with Gasteiger partial charge in [0, 0.05) is 34.1 Å². The van der Waals surface area contributed by atoms with Gasteiger partial charge in [0.25, 0.3) is 0 Å². The normalized spacial score (nSPS) is 28.3. The number of methoxy groups -OCH3 is 2. The predicted molar refractivity (Wildman–Crippen MR) is 87.4 cm³/mol. The van der Waals surface area contributed by atoms with Gasteiger partial charge in [0.2, 0.25) is 0 Å². The van der Waals surface area contributed by atoms with Crippen LogP contribution >= 0.6 is 0 Å². The summed E-state index contributed by atoms with van der Waals surface area (Å²) < 4.78 is 74.6. The lowest BCUT2D eigenvalue weighted by atomic mass is 9.82. The molecule has 0 radical (unpaired) electrons. The van der Waals surface area contributed by atoms with Gasteiger partial charge in [-0.05, 0) is 26.0 Å². The molecule has 2 aromatic rings. The molecule has 7 heteroatoms. The van der Waals surface area contributed by atoms with Crippen LogP contribution in [0.3, 0.4) is 0 Å². The molecule has 3 nitrogen and oxygen atoms in total. The Balaban J connectivity index is 1.93. The summed E-state index contributed by atoms with van der Waals surface area (Å²) in [5.74, 6) is -7.13. The quantitative estimate of drug-likeness (QED) is 0.335. The number of benzene rings is 2. The molecule has 2 bridgehead atoms. The summed E-state index contributed by atoms with van der Waals surface area (Å²) >= 11 is 0. The molecule has 0 saturated carbocycles. The van der Waals surface area contributed by atoms with Crippen LogP contribution in [0, 0.1) is 23.3 Å². The number of hydrogen-bond donors (Lipinski definition) is 0. The fourth-order valence-electron chi connectivity index (χ4n) is 5.30. The van der Waals surface area contributed by atoms with Crippen LogP contribution in [-0.4, -0.2) is 25.4 Å². The van der Waals surface area contributed by atoms with Crippen molar-refractivity contribution in [1.29, 1.82) is 0 Å². The third-order valence-corrected chi connectivity index (χ3v) is 6.32. The highest BCUT2D eigenvalue weighted by molar-refractivity contribution is 5.73. The number of halogens is 4. The van der Waals surface area contributed by atoms with Crippen LogP contribution in [0.2, 0.25) is 0 Å². The van der Waals surface area contributed by atoms with Gasteiger partial charge in [-0.3, -0.25) is 0 Å². The Morgan fingerprint density at radius 1 is 0.741 bits per heavy atom. The van der Waals surface area contributed by atoms with Crippen molar-refractivity contribution in [3.8, 4) is 11.5 Å². The number of ether oxygens (including phenoxy) is 3. The summed E-state index contributed by atoms with van der Waals surface area (Å²) in [5.41, 5.74) is -1.03. The summed E-state index contributed by atoms with van der Waals surface area (Å²) in [5, 5.41) is 0. The third kappa shape index (κ3) is 1.60. The standard InChI is InChI=1S/C20H16F4O3/c1-19(2)20(27-19)13-9-7(25-3)5-6-8(26-4)10(9)14(20)12-11(13)15(21)17(23)18(24)16(12)22/h5-6,13-14H,1-4H3/t13-,14-/m0/s1. The summed E-state index contributed by atoms with van der Waals surface area (Å²) in [7, 11) is 2.92. The molecule has 5 rings (SSSR count). The van der Waals surface area contributed by atoms with E-state index in [-0.39, 0.29) is 11.1 Å². The van der Waals surface area contributed by atoms with E-state index in [0.29, 0.717) is 22.6 Å². The van der Waals surface area contributed by atoms with E-state index in [1.54, 1.807) is 26.0 Å². The number of epoxide rings is 1. The number of rotatable bonds is 2. The molecule has 1 heterocycles. The predicted octanol–water partition coefficient (Wildman–Crippen LogP) is 4.40. The minimum absolute atomic E-state index is 0.193. The van der Waals surface area contributed by atoms with Gasteiger partial charge in [0.1, 0.15) is 17.1 Å². The molecule has 2 atom stereocenters. The highest BCUT2D eigenvalue weighted by Crippen LogP contribution is 2.78. The molecule has 2 aromatic carbocycles. The van der Waals surface area contributed by atoms with Gasteiger partial charge >= 0.3 is 0 Å². The first-order valence-corrected chi connectivity index (χ1v) is 8.53. The van der Waals surface area contributed by atoms with E-state index in [0.717, 1.165) is 0 Å². The molecule has 3 aliphatic rings. The number of fused-ring (bicyclic) bond motifs is 6. The Morgan fingerprint density at radius 3 is 1.41 bits per heavy atom. The van der Waals surface area contributed by atoms with Crippen LogP contribution in [0.4, 0.5) is 17.6 Å². The lowest BCUT2D eigenvalue weighted by molar-refractivity contribution is 0.262. The van der Waals surface area contributed by atoms with Gasteiger partial charge in [-0.15, -0.1) is 0 Å². The molecule has 0 aromatic heterocycles. The molecule has 0 N–H and O–H groups in total. The molecule has 1 aliphatic heterocycles. The molecule has 2 aliphatic carbocycles. The lowest BCUT2D eigenvalue weighted by Gasteiger charge is -2.23. The summed E-state index contributed by atoms with van der Waals surface area (Å²) in [6.45, 7) is 3.60. The van der Waals surface area contributed by atoms with Gasteiger partial charge < -0.3 is 14.2 Å². The van der Waals surface area contributed by atoms with Crippen molar-refractivity contribution in [3.05, 3.63) is 57.7 Å². The maximum atomic E-state index is 14.8. The summed E-state index contributed by atoms with van der Waals surface area (Å²) in [6.07, 6.45) is 0. The van der Waals surface area contributed by atoms with Crippen LogP contribution in [0.25, 0.3) is 0 Å². The Labute approximate surface area is 152 Å². The lowest BCUT2D eigenvalue weighted by Crippen LogP contribution is -2.25. The van der Waals surface area contributed by atoms with Crippen molar-refractivity contribution < 1.29 is 31.8 Å². The van der Waals surface area contributed by atoms with Crippen LogP contribution in [0.1, 0.15) is 47.9 Å². The molecular formula is C20H16F4O3. The molecule has 1 fully saturated rings. The first kappa shape index (κ1) is 16.9. The monoisotopic (exact) mass is 380 g/mol. The zero-order valence-corrected chi connectivity index (χ0v) is 15.0. The van der Waals surface area contributed by atoms with Gasteiger partial charge in [-0.25, -0.2) is 17.6 Å². The first-order valence-electron chi connectivity index (χ1n) is 8.53. The molecule has 1 spiro atoms. The minimum atomic E-state index is -1.81. The molecule has 142 valence electrons. The molecular weight excluding hydrogens is 364 g/mol. The smallest absolute Gasteiger partial charge is 0.197 e. The van der Waals surface area contributed by atoms with E-state index in [9.17, 15) is 17.6 Å². The number of hydrogen-bond acceptors (Lipinski definition) is 3. The van der Waals surface area contributed by atoms with Crippen LogP contribution in [0.15, 0.2) is 12.1 Å². The Hall–Kier alpha value is -2.28. The average Bonchev–Trinajstić information content (AvgIpc) is 2.95. The average molecular weight is 380 g/mol. The molecule has 0 unspecified atom stereocenters. The van der Waals surface area contributed by atoms with Crippen molar-refractivity contribution in [1.82, 2.24) is 0 Å². The van der Waals surface area contributed by atoms with E-state index in [4.69, 9.17) is 14.2 Å². The van der Waals surface area contributed by atoms with E-state index >= 15 is 0 Å². The zero-order valence-electron chi connectivity index (χ0n) is 15.0. The van der Waals surface area contributed by atoms with Crippen molar-refractivity contribution in [2.45, 2.75) is 36.9 Å². The van der Waals surface area contributed by atoms with Crippen molar-refractivity contribution in [2.24, 2.45) is 0 Å².